The van der Waals surface area contributed by atoms with Crippen LogP contribution in [-0.2, 0) is 20.8 Å². The molecular formula is C17H19ClN4O3S. The van der Waals surface area contributed by atoms with Crippen LogP contribution in [0, 0.1) is 5.92 Å². The predicted octanol–water partition coefficient (Wildman–Crippen LogP) is 2.69. The van der Waals surface area contributed by atoms with E-state index in [4.69, 9.17) is 11.6 Å². The molecule has 2 aromatic rings. The highest BCUT2D eigenvalue weighted by molar-refractivity contribution is 7.13. The fourth-order valence-corrected chi connectivity index (χ4v) is 2.68. The molecule has 138 valence electrons. The topological polar surface area (TPSA) is 100 Å². The molecule has 7 nitrogen and oxygen atoms in total. The van der Waals surface area contributed by atoms with Gasteiger partial charge < -0.3 is 16.0 Å². The summed E-state index contributed by atoms with van der Waals surface area (Å²) in [6.07, 6.45) is 0.0300. The Bertz CT molecular complexity index is 790. The van der Waals surface area contributed by atoms with Crippen LogP contribution in [-0.4, -0.2) is 29.3 Å². The van der Waals surface area contributed by atoms with Crippen molar-refractivity contribution in [1.29, 1.82) is 0 Å². The lowest BCUT2D eigenvalue weighted by Gasteiger charge is -2.06. The van der Waals surface area contributed by atoms with Gasteiger partial charge in [-0.1, -0.05) is 25.4 Å². The third-order valence-corrected chi connectivity index (χ3v) is 4.28. The molecule has 0 unspecified atom stereocenters. The standard InChI is InChI=1S/C17H19ClN4O3S/c1-10(2)16(25)22-17-21-13(9-26-17)7-14(23)19-8-15(24)20-12-5-3-11(18)4-6-12/h3-6,9-10H,7-8H2,1-2H3,(H,19,23)(H,20,24)(H,21,22,25). The number of nitrogens with zero attached hydrogens (tertiary/aromatic N) is 1. The molecule has 0 aliphatic rings. The number of thiazole rings is 1. The third-order valence-electron chi connectivity index (χ3n) is 3.22. The van der Waals surface area contributed by atoms with E-state index in [1.54, 1.807) is 43.5 Å². The zero-order chi connectivity index (χ0) is 19.1. The Morgan fingerprint density at radius 2 is 1.81 bits per heavy atom. The largest absolute Gasteiger partial charge is 0.347 e. The highest BCUT2D eigenvalue weighted by Gasteiger charge is 2.12. The smallest absolute Gasteiger partial charge is 0.243 e. The first-order valence-corrected chi connectivity index (χ1v) is 9.16. The van der Waals surface area contributed by atoms with Gasteiger partial charge in [-0.2, -0.15) is 0 Å². The minimum Gasteiger partial charge on any atom is -0.347 e. The summed E-state index contributed by atoms with van der Waals surface area (Å²) in [4.78, 5) is 39.5. The van der Waals surface area contributed by atoms with Gasteiger partial charge in [0, 0.05) is 22.0 Å². The lowest BCUT2D eigenvalue weighted by Crippen LogP contribution is -2.33. The van der Waals surface area contributed by atoms with Crippen molar-refractivity contribution in [2.24, 2.45) is 5.92 Å². The van der Waals surface area contributed by atoms with Gasteiger partial charge in [-0.3, -0.25) is 14.4 Å². The summed E-state index contributed by atoms with van der Waals surface area (Å²) >= 11 is 7.03. The molecule has 1 heterocycles. The van der Waals surface area contributed by atoms with Crippen molar-refractivity contribution in [3.8, 4) is 0 Å². The van der Waals surface area contributed by atoms with Gasteiger partial charge in [0.05, 0.1) is 18.7 Å². The molecule has 0 aliphatic heterocycles. The highest BCUT2D eigenvalue weighted by atomic mass is 35.5. The van der Waals surface area contributed by atoms with Crippen molar-refractivity contribution in [3.05, 3.63) is 40.4 Å². The molecule has 3 N–H and O–H groups in total. The van der Waals surface area contributed by atoms with Crippen LogP contribution in [0.4, 0.5) is 10.8 Å². The van der Waals surface area contributed by atoms with Gasteiger partial charge >= 0.3 is 0 Å². The molecule has 26 heavy (non-hydrogen) atoms. The second-order valence-electron chi connectivity index (χ2n) is 5.80. The van der Waals surface area contributed by atoms with E-state index >= 15 is 0 Å². The van der Waals surface area contributed by atoms with Crippen LogP contribution in [0.25, 0.3) is 0 Å². The molecule has 0 spiro atoms. The van der Waals surface area contributed by atoms with E-state index in [0.717, 1.165) is 0 Å². The van der Waals surface area contributed by atoms with Gasteiger partial charge in [-0.25, -0.2) is 4.98 Å². The molecule has 2 rings (SSSR count). The van der Waals surface area contributed by atoms with Crippen molar-refractivity contribution < 1.29 is 14.4 Å². The van der Waals surface area contributed by atoms with Gasteiger partial charge in [-0.15, -0.1) is 11.3 Å². The highest BCUT2D eigenvalue weighted by Crippen LogP contribution is 2.16. The van der Waals surface area contributed by atoms with Crippen LogP contribution < -0.4 is 16.0 Å². The molecule has 3 amide bonds. The number of hydrogen-bond acceptors (Lipinski definition) is 5. The van der Waals surface area contributed by atoms with Crippen LogP contribution >= 0.6 is 22.9 Å². The molecule has 0 fully saturated rings. The maximum Gasteiger partial charge on any atom is 0.243 e. The number of rotatable bonds is 7. The molecule has 0 radical (unpaired) electrons. The number of carbonyl (C=O) groups excluding carboxylic acids is 3. The number of amides is 3. The van der Waals surface area contributed by atoms with E-state index in [1.165, 1.54) is 11.3 Å². The van der Waals surface area contributed by atoms with Crippen molar-refractivity contribution >= 4 is 51.5 Å². The summed E-state index contributed by atoms with van der Waals surface area (Å²) in [5.74, 6) is -0.953. The minimum atomic E-state index is -0.344. The number of halogens is 1. The maximum absolute atomic E-state index is 11.9. The van der Waals surface area contributed by atoms with Crippen LogP contribution in [0.1, 0.15) is 19.5 Å². The first-order chi connectivity index (χ1) is 12.3. The molecule has 1 aromatic heterocycles. The van der Waals surface area contributed by atoms with E-state index < -0.39 is 0 Å². The molecule has 0 saturated heterocycles. The van der Waals surface area contributed by atoms with Gasteiger partial charge in [0.1, 0.15) is 0 Å². The molecule has 0 atom stereocenters. The summed E-state index contributed by atoms with van der Waals surface area (Å²) in [7, 11) is 0. The van der Waals surface area contributed by atoms with Crippen LogP contribution in [0.15, 0.2) is 29.6 Å². The molecule has 9 heteroatoms. The summed E-state index contributed by atoms with van der Waals surface area (Å²) in [5, 5.41) is 10.6. The Hall–Kier alpha value is -2.45. The second kappa shape index (κ2) is 9.30. The van der Waals surface area contributed by atoms with Crippen molar-refractivity contribution in [1.82, 2.24) is 10.3 Å². The minimum absolute atomic E-state index is 0.0300. The van der Waals surface area contributed by atoms with Gasteiger partial charge in [0.2, 0.25) is 17.7 Å². The zero-order valence-corrected chi connectivity index (χ0v) is 15.9. The van der Waals surface area contributed by atoms with Gasteiger partial charge in [0.15, 0.2) is 5.13 Å². The normalized spacial score (nSPS) is 10.5. The Morgan fingerprint density at radius 1 is 1.12 bits per heavy atom. The fourth-order valence-electron chi connectivity index (χ4n) is 1.84. The van der Waals surface area contributed by atoms with E-state index in [-0.39, 0.29) is 36.6 Å². The molecule has 1 aromatic carbocycles. The number of anilines is 2. The quantitative estimate of drug-likeness (QED) is 0.672. The zero-order valence-electron chi connectivity index (χ0n) is 14.3. The third kappa shape index (κ3) is 6.45. The fraction of sp³-hybridized carbons (Fsp3) is 0.294. The lowest BCUT2D eigenvalue weighted by molar-refractivity contribution is -0.123. The SMILES string of the molecule is CC(C)C(=O)Nc1nc(CC(=O)NCC(=O)Nc2ccc(Cl)cc2)cs1. The molecule has 0 aliphatic carbocycles. The average Bonchev–Trinajstić information content (AvgIpc) is 3.02. The Kier molecular flexibility index (Phi) is 7.11. The summed E-state index contributed by atoms with van der Waals surface area (Å²) in [6.45, 7) is 3.42. The van der Waals surface area contributed by atoms with Gasteiger partial charge in [-0.05, 0) is 24.3 Å². The molecular weight excluding hydrogens is 376 g/mol. The molecule has 0 bridgehead atoms. The first-order valence-electron chi connectivity index (χ1n) is 7.91. The van der Waals surface area contributed by atoms with E-state index in [0.29, 0.717) is 21.5 Å². The Balaban J connectivity index is 1.76. The lowest BCUT2D eigenvalue weighted by atomic mass is 10.2. The van der Waals surface area contributed by atoms with E-state index in [9.17, 15) is 14.4 Å². The second-order valence-corrected chi connectivity index (χ2v) is 7.09. The average molecular weight is 395 g/mol. The Morgan fingerprint density at radius 3 is 2.46 bits per heavy atom. The summed E-state index contributed by atoms with van der Waals surface area (Å²) in [6, 6.07) is 6.66. The first kappa shape index (κ1) is 19.9. The van der Waals surface area contributed by atoms with Crippen LogP contribution in [0.2, 0.25) is 5.02 Å². The number of aromatic nitrogens is 1. The van der Waals surface area contributed by atoms with Gasteiger partial charge in [0.25, 0.3) is 0 Å². The van der Waals surface area contributed by atoms with Crippen molar-refractivity contribution in [2.75, 3.05) is 17.2 Å². The Labute approximate surface area is 160 Å². The number of carbonyl (C=O) groups is 3. The summed E-state index contributed by atoms with van der Waals surface area (Å²) in [5.41, 5.74) is 1.13. The number of hydrogen-bond donors (Lipinski definition) is 3. The molecule has 0 saturated carbocycles. The van der Waals surface area contributed by atoms with Crippen LogP contribution in [0.3, 0.4) is 0 Å². The summed E-state index contributed by atoms with van der Waals surface area (Å²) < 4.78 is 0. The monoisotopic (exact) mass is 394 g/mol. The van der Waals surface area contributed by atoms with E-state index in [1.807, 2.05) is 0 Å². The number of nitrogens with one attached hydrogen (secondary N) is 3. The predicted molar refractivity (Wildman–Crippen MR) is 102 cm³/mol. The maximum atomic E-state index is 11.9. The van der Waals surface area contributed by atoms with E-state index in [2.05, 4.69) is 20.9 Å². The number of benzene rings is 1. The van der Waals surface area contributed by atoms with Crippen molar-refractivity contribution in [2.45, 2.75) is 20.3 Å². The van der Waals surface area contributed by atoms with Crippen LogP contribution in [0.5, 0.6) is 0 Å². The van der Waals surface area contributed by atoms with Crippen molar-refractivity contribution in [3.63, 3.8) is 0 Å².